The number of phenolic OH excluding ortho intramolecular Hbond substituents is 2. The maximum Gasteiger partial charge on any atom is 0.416 e. The van der Waals surface area contributed by atoms with E-state index in [9.17, 15) is 23.4 Å². The Balaban J connectivity index is 2.30. The molecule has 5 heteroatoms. The minimum atomic E-state index is -4.35. The normalized spacial score (nSPS) is 12.5. The first-order chi connectivity index (χ1) is 9.75. The fourth-order valence-corrected chi connectivity index (χ4v) is 1.92. The zero-order chi connectivity index (χ0) is 15.6. The maximum absolute atomic E-state index is 12.5. The van der Waals surface area contributed by atoms with Crippen molar-refractivity contribution < 1.29 is 23.4 Å². The van der Waals surface area contributed by atoms with Gasteiger partial charge in [-0.2, -0.15) is 13.2 Å². The molecule has 0 aliphatic heterocycles. The van der Waals surface area contributed by atoms with Gasteiger partial charge in [0, 0.05) is 6.07 Å². The fourth-order valence-electron chi connectivity index (χ4n) is 1.92. The molecular weight excluding hydrogens is 281 g/mol. The number of aromatic hydroxyl groups is 2. The summed E-state index contributed by atoms with van der Waals surface area (Å²) in [6, 6.07) is 8.90. The lowest BCUT2D eigenvalue weighted by molar-refractivity contribution is -0.137. The van der Waals surface area contributed by atoms with E-state index in [0.29, 0.717) is 16.7 Å². The summed E-state index contributed by atoms with van der Waals surface area (Å²) < 4.78 is 37.4. The standard InChI is InChI=1S/C16H13F3O2/c1-10(12-7-14(20)9-15(21)8-12)6-11-2-4-13(5-3-11)16(17,18)19/h2-9,20-21H,1H3/b10-6+. The molecule has 2 nitrogen and oxygen atoms in total. The van der Waals surface area contributed by atoms with Crippen molar-refractivity contribution in [3.05, 3.63) is 59.2 Å². The molecule has 0 aromatic heterocycles. The Labute approximate surface area is 119 Å². The molecule has 0 amide bonds. The van der Waals surface area contributed by atoms with Crippen LogP contribution in [0.2, 0.25) is 0 Å². The molecule has 2 N–H and O–H groups in total. The number of rotatable bonds is 2. The van der Waals surface area contributed by atoms with Crippen molar-refractivity contribution in [1.29, 1.82) is 0 Å². The van der Waals surface area contributed by atoms with E-state index in [-0.39, 0.29) is 11.5 Å². The lowest BCUT2D eigenvalue weighted by atomic mass is 10.0. The van der Waals surface area contributed by atoms with Crippen LogP contribution < -0.4 is 0 Å². The van der Waals surface area contributed by atoms with Gasteiger partial charge in [0.15, 0.2) is 0 Å². The number of halogens is 3. The molecule has 0 atom stereocenters. The van der Waals surface area contributed by atoms with Crippen LogP contribution in [0.15, 0.2) is 42.5 Å². The van der Waals surface area contributed by atoms with Crippen molar-refractivity contribution in [3.63, 3.8) is 0 Å². The van der Waals surface area contributed by atoms with Crippen LogP contribution >= 0.6 is 0 Å². The highest BCUT2D eigenvalue weighted by molar-refractivity contribution is 5.81. The SMILES string of the molecule is C/C(=C\c1ccc(C(F)(F)F)cc1)c1cc(O)cc(O)c1. The lowest BCUT2D eigenvalue weighted by Gasteiger charge is -2.07. The molecule has 0 saturated carbocycles. The smallest absolute Gasteiger partial charge is 0.416 e. The number of allylic oxidation sites excluding steroid dienone is 1. The predicted molar refractivity (Wildman–Crippen MR) is 74.8 cm³/mol. The minimum Gasteiger partial charge on any atom is -0.508 e. The molecule has 0 saturated heterocycles. The van der Waals surface area contributed by atoms with Gasteiger partial charge in [-0.05, 0) is 47.9 Å². The van der Waals surface area contributed by atoms with Crippen molar-refractivity contribution >= 4 is 11.6 Å². The second-order valence-electron chi connectivity index (χ2n) is 4.69. The molecular formula is C16H13F3O2. The molecule has 0 heterocycles. The molecule has 2 aromatic carbocycles. The van der Waals surface area contributed by atoms with E-state index in [1.54, 1.807) is 13.0 Å². The van der Waals surface area contributed by atoms with E-state index in [4.69, 9.17) is 0 Å². The Morgan fingerprint density at radius 2 is 1.48 bits per heavy atom. The summed E-state index contributed by atoms with van der Waals surface area (Å²) in [5, 5.41) is 18.8. The van der Waals surface area contributed by atoms with Crippen LogP contribution in [0.3, 0.4) is 0 Å². The Morgan fingerprint density at radius 3 is 1.95 bits per heavy atom. The van der Waals surface area contributed by atoms with Crippen LogP contribution in [0.5, 0.6) is 11.5 Å². The quantitative estimate of drug-likeness (QED) is 0.790. The van der Waals surface area contributed by atoms with Crippen molar-refractivity contribution in [2.45, 2.75) is 13.1 Å². The van der Waals surface area contributed by atoms with Gasteiger partial charge in [0.2, 0.25) is 0 Å². The second kappa shape index (κ2) is 5.52. The van der Waals surface area contributed by atoms with E-state index >= 15 is 0 Å². The number of alkyl halides is 3. The van der Waals surface area contributed by atoms with Gasteiger partial charge in [0.25, 0.3) is 0 Å². The van der Waals surface area contributed by atoms with Crippen LogP contribution in [-0.2, 0) is 6.18 Å². The highest BCUT2D eigenvalue weighted by atomic mass is 19.4. The van der Waals surface area contributed by atoms with Crippen molar-refractivity contribution in [1.82, 2.24) is 0 Å². The van der Waals surface area contributed by atoms with Gasteiger partial charge in [-0.1, -0.05) is 18.2 Å². The monoisotopic (exact) mass is 294 g/mol. The Morgan fingerprint density at radius 1 is 0.952 bits per heavy atom. The first kappa shape index (κ1) is 15.0. The minimum absolute atomic E-state index is 0.0785. The van der Waals surface area contributed by atoms with Gasteiger partial charge < -0.3 is 10.2 Å². The van der Waals surface area contributed by atoms with E-state index < -0.39 is 11.7 Å². The topological polar surface area (TPSA) is 40.5 Å². The largest absolute Gasteiger partial charge is 0.508 e. The van der Waals surface area contributed by atoms with Crippen LogP contribution in [0.25, 0.3) is 11.6 Å². The van der Waals surface area contributed by atoms with Gasteiger partial charge in [0.05, 0.1) is 5.56 Å². The van der Waals surface area contributed by atoms with Crippen LogP contribution in [0.1, 0.15) is 23.6 Å². The zero-order valence-corrected chi connectivity index (χ0v) is 11.1. The van der Waals surface area contributed by atoms with Crippen LogP contribution in [0.4, 0.5) is 13.2 Å². The van der Waals surface area contributed by atoms with Gasteiger partial charge in [-0.25, -0.2) is 0 Å². The summed E-state index contributed by atoms with van der Waals surface area (Å²) in [4.78, 5) is 0. The molecule has 0 unspecified atom stereocenters. The van der Waals surface area contributed by atoms with E-state index in [1.165, 1.54) is 30.3 Å². The first-order valence-electron chi connectivity index (χ1n) is 6.14. The van der Waals surface area contributed by atoms with Gasteiger partial charge in [0.1, 0.15) is 11.5 Å². The van der Waals surface area contributed by atoms with E-state index in [0.717, 1.165) is 12.1 Å². The molecule has 2 rings (SSSR count). The number of hydrogen-bond acceptors (Lipinski definition) is 2. The van der Waals surface area contributed by atoms with Gasteiger partial charge in [-0.3, -0.25) is 0 Å². The van der Waals surface area contributed by atoms with Gasteiger partial charge >= 0.3 is 6.18 Å². The fraction of sp³-hybridized carbons (Fsp3) is 0.125. The van der Waals surface area contributed by atoms with Crippen molar-refractivity contribution in [2.24, 2.45) is 0 Å². The molecule has 0 aliphatic rings. The summed E-state index contributed by atoms with van der Waals surface area (Å²) in [6.07, 6.45) is -2.68. The number of hydrogen-bond donors (Lipinski definition) is 2. The van der Waals surface area contributed by atoms with Crippen molar-refractivity contribution in [2.75, 3.05) is 0 Å². The van der Waals surface area contributed by atoms with Crippen LogP contribution in [0, 0.1) is 0 Å². The summed E-state index contributed by atoms with van der Waals surface area (Å²) >= 11 is 0. The summed E-state index contributed by atoms with van der Waals surface area (Å²) in [5.41, 5.74) is 1.20. The highest BCUT2D eigenvalue weighted by Gasteiger charge is 2.29. The zero-order valence-electron chi connectivity index (χ0n) is 11.1. The number of benzene rings is 2. The average molecular weight is 294 g/mol. The molecule has 0 spiro atoms. The molecule has 0 fully saturated rings. The second-order valence-corrected chi connectivity index (χ2v) is 4.69. The summed E-state index contributed by atoms with van der Waals surface area (Å²) in [7, 11) is 0. The predicted octanol–water partition coefficient (Wildman–Crippen LogP) is 4.68. The molecule has 21 heavy (non-hydrogen) atoms. The third-order valence-electron chi connectivity index (χ3n) is 2.98. The highest BCUT2D eigenvalue weighted by Crippen LogP contribution is 2.30. The molecule has 0 radical (unpaired) electrons. The van der Waals surface area contributed by atoms with Crippen LogP contribution in [-0.4, -0.2) is 10.2 Å². The molecule has 0 aliphatic carbocycles. The maximum atomic E-state index is 12.5. The van der Waals surface area contributed by atoms with E-state index in [2.05, 4.69) is 0 Å². The summed E-state index contributed by atoms with van der Waals surface area (Å²) in [6.45, 7) is 1.74. The Hall–Kier alpha value is -2.43. The Kier molecular flexibility index (Phi) is 3.93. The van der Waals surface area contributed by atoms with E-state index in [1.807, 2.05) is 0 Å². The third kappa shape index (κ3) is 3.78. The number of phenols is 2. The first-order valence-corrected chi connectivity index (χ1v) is 6.14. The average Bonchev–Trinajstić information content (AvgIpc) is 2.37. The summed E-state index contributed by atoms with van der Waals surface area (Å²) in [5.74, 6) is -0.157. The molecule has 110 valence electrons. The lowest BCUT2D eigenvalue weighted by Crippen LogP contribution is -2.03. The third-order valence-corrected chi connectivity index (χ3v) is 2.98. The molecule has 0 bridgehead atoms. The van der Waals surface area contributed by atoms with Crippen molar-refractivity contribution in [3.8, 4) is 11.5 Å². The molecule has 2 aromatic rings. The van der Waals surface area contributed by atoms with Gasteiger partial charge in [-0.15, -0.1) is 0 Å². The Bertz CT molecular complexity index is 651.